The number of nitrogens with zero attached hydrogens (tertiary/aromatic N) is 1. The summed E-state index contributed by atoms with van der Waals surface area (Å²) in [4.78, 5) is 19.4. The van der Waals surface area contributed by atoms with E-state index in [0.717, 1.165) is 29.7 Å². The van der Waals surface area contributed by atoms with Gasteiger partial charge in [0.1, 0.15) is 0 Å². The molecule has 0 unspecified atom stereocenters. The van der Waals surface area contributed by atoms with E-state index in [1.807, 2.05) is 30.3 Å². The number of aromatic amines is 1. The fourth-order valence-electron chi connectivity index (χ4n) is 2.74. The molecule has 1 aromatic carbocycles. The van der Waals surface area contributed by atoms with Gasteiger partial charge in [-0.2, -0.15) is 0 Å². The van der Waals surface area contributed by atoms with Crippen molar-refractivity contribution in [3.05, 3.63) is 54.2 Å². The molecule has 0 aliphatic heterocycles. The van der Waals surface area contributed by atoms with Gasteiger partial charge in [-0.05, 0) is 36.6 Å². The predicted octanol–water partition coefficient (Wildman–Crippen LogP) is 3.30. The molecule has 0 aliphatic carbocycles. The molecule has 2 heterocycles. The summed E-state index contributed by atoms with van der Waals surface area (Å²) in [6.45, 7) is 0. The maximum atomic E-state index is 11.4. The molecule has 4 nitrogen and oxygen atoms in total. The van der Waals surface area contributed by atoms with Crippen LogP contribution in [0.2, 0.25) is 0 Å². The zero-order valence-corrected chi connectivity index (χ0v) is 12.6. The first-order chi connectivity index (χ1) is 10.8. The lowest BCUT2D eigenvalue weighted by molar-refractivity contribution is -0.120. The number of fused-ring (bicyclic) bond motifs is 1. The lowest BCUT2D eigenvalue weighted by Crippen LogP contribution is -2.17. The molecule has 3 rings (SSSR count). The summed E-state index contributed by atoms with van der Waals surface area (Å²) in [5, 5.41) is 3.88. The second-order valence-electron chi connectivity index (χ2n) is 5.27. The second-order valence-corrected chi connectivity index (χ2v) is 5.27. The van der Waals surface area contributed by atoms with E-state index >= 15 is 0 Å². The normalized spacial score (nSPS) is 10.8. The first kappa shape index (κ1) is 14.3. The van der Waals surface area contributed by atoms with Gasteiger partial charge in [0.15, 0.2) is 0 Å². The maximum Gasteiger partial charge on any atom is 0.219 e. The van der Waals surface area contributed by atoms with Crippen molar-refractivity contribution < 1.29 is 4.79 Å². The van der Waals surface area contributed by atoms with Crippen molar-refractivity contribution in [2.45, 2.75) is 19.3 Å². The number of rotatable bonds is 5. The highest BCUT2D eigenvalue weighted by molar-refractivity contribution is 5.90. The van der Waals surface area contributed by atoms with Crippen molar-refractivity contribution in [2.24, 2.45) is 0 Å². The zero-order chi connectivity index (χ0) is 15.4. The highest BCUT2D eigenvalue weighted by Gasteiger charge is 2.13. The quantitative estimate of drug-likeness (QED) is 0.758. The second kappa shape index (κ2) is 6.43. The van der Waals surface area contributed by atoms with Gasteiger partial charge in [0, 0.05) is 30.6 Å². The maximum absolute atomic E-state index is 11.4. The summed E-state index contributed by atoms with van der Waals surface area (Å²) < 4.78 is 0. The minimum atomic E-state index is 0.0826. The van der Waals surface area contributed by atoms with Gasteiger partial charge in [-0.3, -0.25) is 9.78 Å². The lowest BCUT2D eigenvalue weighted by Gasteiger charge is -2.04. The average molecular weight is 293 g/mol. The van der Waals surface area contributed by atoms with E-state index in [2.05, 4.69) is 27.4 Å². The van der Waals surface area contributed by atoms with Crippen LogP contribution in [0.1, 0.15) is 18.4 Å². The minimum Gasteiger partial charge on any atom is -0.359 e. The Morgan fingerprint density at radius 1 is 1.18 bits per heavy atom. The minimum absolute atomic E-state index is 0.0826. The molecule has 0 atom stereocenters. The van der Waals surface area contributed by atoms with Crippen molar-refractivity contribution in [1.29, 1.82) is 0 Å². The van der Waals surface area contributed by atoms with Crippen LogP contribution in [-0.2, 0) is 11.2 Å². The Balaban J connectivity index is 1.97. The van der Waals surface area contributed by atoms with Crippen LogP contribution in [0.3, 0.4) is 0 Å². The van der Waals surface area contributed by atoms with Gasteiger partial charge in [0.25, 0.3) is 0 Å². The number of aryl methyl sites for hydroxylation is 1. The summed E-state index contributed by atoms with van der Waals surface area (Å²) in [6, 6.07) is 14.2. The number of aromatic nitrogens is 2. The molecule has 112 valence electrons. The first-order valence-electron chi connectivity index (χ1n) is 7.51. The van der Waals surface area contributed by atoms with E-state index in [-0.39, 0.29) is 5.91 Å². The molecule has 0 aliphatic rings. The van der Waals surface area contributed by atoms with Crippen molar-refractivity contribution in [1.82, 2.24) is 15.3 Å². The average Bonchev–Trinajstić information content (AvgIpc) is 2.94. The van der Waals surface area contributed by atoms with Crippen LogP contribution < -0.4 is 5.32 Å². The Kier molecular flexibility index (Phi) is 4.19. The molecule has 2 N–H and O–H groups in total. The highest BCUT2D eigenvalue weighted by atomic mass is 16.1. The van der Waals surface area contributed by atoms with Gasteiger partial charge >= 0.3 is 0 Å². The molecule has 0 saturated carbocycles. The van der Waals surface area contributed by atoms with Crippen LogP contribution in [0.4, 0.5) is 0 Å². The molecule has 3 aromatic rings. The molecule has 0 saturated heterocycles. The number of pyridine rings is 1. The van der Waals surface area contributed by atoms with Gasteiger partial charge in [-0.15, -0.1) is 0 Å². The van der Waals surface area contributed by atoms with Gasteiger partial charge in [-0.1, -0.05) is 24.3 Å². The van der Waals surface area contributed by atoms with E-state index in [0.29, 0.717) is 6.42 Å². The number of benzene rings is 1. The smallest absolute Gasteiger partial charge is 0.219 e. The number of carbonyl (C=O) groups excluding carboxylic acids is 1. The molecular weight excluding hydrogens is 274 g/mol. The van der Waals surface area contributed by atoms with E-state index in [1.54, 1.807) is 13.2 Å². The van der Waals surface area contributed by atoms with Crippen LogP contribution in [0.5, 0.6) is 0 Å². The number of hydrogen-bond donors (Lipinski definition) is 2. The SMILES string of the molecule is CNC(=O)CCCc1c(-c2ccccn2)[nH]c2ccccc12. The van der Waals surface area contributed by atoms with E-state index in [1.165, 1.54) is 10.9 Å². The summed E-state index contributed by atoms with van der Waals surface area (Å²) in [5.74, 6) is 0.0826. The molecule has 0 radical (unpaired) electrons. The third-order valence-corrected chi connectivity index (χ3v) is 3.84. The fraction of sp³-hybridized carbons (Fsp3) is 0.222. The third-order valence-electron chi connectivity index (χ3n) is 3.84. The van der Waals surface area contributed by atoms with Crippen LogP contribution in [0.25, 0.3) is 22.3 Å². The predicted molar refractivity (Wildman–Crippen MR) is 88.5 cm³/mol. The molecule has 1 amide bonds. The molecule has 0 spiro atoms. The van der Waals surface area contributed by atoms with Crippen LogP contribution in [-0.4, -0.2) is 22.9 Å². The van der Waals surface area contributed by atoms with Crippen LogP contribution in [0, 0.1) is 0 Å². The van der Waals surface area contributed by atoms with E-state index < -0.39 is 0 Å². The molecule has 0 fully saturated rings. The fourth-order valence-corrected chi connectivity index (χ4v) is 2.74. The Morgan fingerprint density at radius 3 is 2.77 bits per heavy atom. The van der Waals surface area contributed by atoms with Crippen LogP contribution >= 0.6 is 0 Å². The summed E-state index contributed by atoms with van der Waals surface area (Å²) in [7, 11) is 1.67. The summed E-state index contributed by atoms with van der Waals surface area (Å²) in [5.41, 5.74) is 4.34. The topological polar surface area (TPSA) is 57.8 Å². The molecular formula is C18H19N3O. The molecule has 22 heavy (non-hydrogen) atoms. The number of H-pyrrole nitrogens is 1. The third kappa shape index (κ3) is 2.86. The van der Waals surface area contributed by atoms with Gasteiger partial charge in [-0.25, -0.2) is 0 Å². The van der Waals surface area contributed by atoms with E-state index in [9.17, 15) is 4.79 Å². The van der Waals surface area contributed by atoms with Gasteiger partial charge in [0.05, 0.1) is 11.4 Å². The Morgan fingerprint density at radius 2 is 2.00 bits per heavy atom. The van der Waals surface area contributed by atoms with Crippen LogP contribution in [0.15, 0.2) is 48.7 Å². The standard InChI is InChI=1S/C18H19N3O/c1-19-17(22)11-6-8-14-13-7-2-3-9-15(13)21-18(14)16-10-4-5-12-20-16/h2-5,7,9-10,12,21H,6,8,11H2,1H3,(H,19,22). The Hall–Kier alpha value is -2.62. The molecule has 2 aromatic heterocycles. The summed E-state index contributed by atoms with van der Waals surface area (Å²) in [6.07, 6.45) is 4.01. The van der Waals surface area contributed by atoms with Crippen molar-refractivity contribution >= 4 is 16.8 Å². The zero-order valence-electron chi connectivity index (χ0n) is 12.6. The number of hydrogen-bond acceptors (Lipinski definition) is 2. The van der Waals surface area contributed by atoms with Gasteiger partial charge in [0.2, 0.25) is 5.91 Å². The number of para-hydroxylation sites is 1. The first-order valence-corrected chi connectivity index (χ1v) is 7.51. The summed E-state index contributed by atoms with van der Waals surface area (Å²) >= 11 is 0. The van der Waals surface area contributed by atoms with Crippen molar-refractivity contribution in [2.75, 3.05) is 7.05 Å². The monoisotopic (exact) mass is 293 g/mol. The molecule has 4 heteroatoms. The Labute approximate surface area is 129 Å². The van der Waals surface area contributed by atoms with E-state index in [4.69, 9.17) is 0 Å². The Bertz CT molecular complexity index is 777. The number of carbonyl (C=O) groups is 1. The van der Waals surface area contributed by atoms with Crippen molar-refractivity contribution in [3.63, 3.8) is 0 Å². The highest BCUT2D eigenvalue weighted by Crippen LogP contribution is 2.30. The lowest BCUT2D eigenvalue weighted by atomic mass is 10.0. The number of nitrogens with one attached hydrogen (secondary N) is 2. The van der Waals surface area contributed by atoms with Crippen molar-refractivity contribution in [3.8, 4) is 11.4 Å². The largest absolute Gasteiger partial charge is 0.359 e. The number of amides is 1. The van der Waals surface area contributed by atoms with Gasteiger partial charge < -0.3 is 10.3 Å². The molecule has 0 bridgehead atoms.